The molecule has 3 aromatic rings. The predicted octanol–water partition coefficient (Wildman–Crippen LogP) is 3.52. The van der Waals surface area contributed by atoms with E-state index in [9.17, 15) is 9.59 Å². The Hall–Kier alpha value is -2.86. The molecule has 0 radical (unpaired) electrons. The first kappa shape index (κ1) is 17.5. The Balaban J connectivity index is 1.37. The molecule has 2 aromatic heterocycles. The van der Waals surface area contributed by atoms with Crippen LogP contribution in [0.4, 0.5) is 0 Å². The first-order valence-corrected chi connectivity index (χ1v) is 9.18. The molecule has 0 atom stereocenters. The van der Waals surface area contributed by atoms with Crippen molar-refractivity contribution in [3.8, 4) is 0 Å². The Kier molecular flexibility index (Phi) is 4.81. The second-order valence-corrected chi connectivity index (χ2v) is 6.95. The van der Waals surface area contributed by atoms with Crippen LogP contribution in [0.3, 0.4) is 0 Å². The van der Waals surface area contributed by atoms with Gasteiger partial charge in [0, 0.05) is 30.1 Å². The van der Waals surface area contributed by atoms with Crippen LogP contribution in [0, 0.1) is 0 Å². The second-order valence-electron chi connectivity index (χ2n) is 6.56. The van der Waals surface area contributed by atoms with Crippen molar-refractivity contribution in [1.82, 2.24) is 15.2 Å². The van der Waals surface area contributed by atoms with Gasteiger partial charge in [0.25, 0.3) is 11.8 Å². The lowest BCUT2D eigenvalue weighted by atomic mass is 10.0. The van der Waals surface area contributed by atoms with E-state index in [0.29, 0.717) is 42.4 Å². The maximum Gasteiger partial charge on any atom is 0.289 e. The fourth-order valence-corrected chi connectivity index (χ4v) is 3.45. The number of fused-ring (bicyclic) bond motifs is 1. The molecule has 1 N–H and O–H groups in total. The zero-order valence-corrected chi connectivity index (χ0v) is 15.3. The molecule has 6 nitrogen and oxygen atoms in total. The van der Waals surface area contributed by atoms with Crippen molar-refractivity contribution < 1.29 is 14.0 Å². The average Bonchev–Trinajstić information content (AvgIpc) is 3.22. The van der Waals surface area contributed by atoms with Crippen LogP contribution in [0.25, 0.3) is 10.9 Å². The Morgan fingerprint density at radius 1 is 1.15 bits per heavy atom. The molecule has 0 unspecified atom stereocenters. The number of piperidine rings is 1. The van der Waals surface area contributed by atoms with E-state index < -0.39 is 0 Å². The summed E-state index contributed by atoms with van der Waals surface area (Å²) in [6, 6.07) is 12.3. The maximum atomic E-state index is 12.6. The molecule has 0 spiro atoms. The fourth-order valence-electron chi connectivity index (χ4n) is 3.29. The van der Waals surface area contributed by atoms with Gasteiger partial charge in [0.1, 0.15) is 5.15 Å². The summed E-state index contributed by atoms with van der Waals surface area (Å²) >= 11 is 5.89. The smallest absolute Gasteiger partial charge is 0.289 e. The van der Waals surface area contributed by atoms with Crippen molar-refractivity contribution in [3.05, 3.63) is 65.2 Å². The quantitative estimate of drug-likeness (QED) is 0.702. The molecule has 1 aliphatic heterocycles. The Morgan fingerprint density at radius 3 is 2.70 bits per heavy atom. The number of nitrogens with zero attached hydrogens (tertiary/aromatic N) is 2. The molecule has 1 fully saturated rings. The van der Waals surface area contributed by atoms with Crippen molar-refractivity contribution >= 4 is 34.3 Å². The molecule has 0 aliphatic carbocycles. The molecule has 4 rings (SSSR count). The number of carbonyl (C=O) groups excluding carboxylic acids is 2. The number of aromatic nitrogens is 1. The molecule has 0 saturated carbocycles. The van der Waals surface area contributed by atoms with Crippen molar-refractivity contribution in [2.24, 2.45) is 0 Å². The van der Waals surface area contributed by atoms with Crippen LogP contribution >= 0.6 is 11.6 Å². The fraction of sp³-hybridized carbons (Fsp3) is 0.250. The summed E-state index contributed by atoms with van der Waals surface area (Å²) in [5.41, 5.74) is 1.34. The van der Waals surface area contributed by atoms with Crippen molar-refractivity contribution in [2.75, 3.05) is 13.1 Å². The Bertz CT molecular complexity index is 979. The second kappa shape index (κ2) is 7.40. The van der Waals surface area contributed by atoms with Crippen LogP contribution in [0.5, 0.6) is 0 Å². The van der Waals surface area contributed by atoms with Crippen LogP contribution in [0.15, 0.2) is 53.1 Å². The van der Waals surface area contributed by atoms with Gasteiger partial charge in [0.15, 0.2) is 5.76 Å². The minimum absolute atomic E-state index is 0.0391. The predicted molar refractivity (Wildman–Crippen MR) is 102 cm³/mol. The topological polar surface area (TPSA) is 75.4 Å². The highest BCUT2D eigenvalue weighted by molar-refractivity contribution is 6.29. The number of rotatable bonds is 3. The van der Waals surface area contributed by atoms with E-state index in [1.165, 1.54) is 6.26 Å². The Morgan fingerprint density at radius 2 is 1.96 bits per heavy atom. The summed E-state index contributed by atoms with van der Waals surface area (Å²) < 4.78 is 5.17. The van der Waals surface area contributed by atoms with E-state index in [4.69, 9.17) is 16.0 Å². The minimum Gasteiger partial charge on any atom is -0.459 e. The highest BCUT2D eigenvalue weighted by Crippen LogP contribution is 2.18. The number of nitrogens with one attached hydrogen (secondary N) is 1. The number of carbonyl (C=O) groups is 2. The van der Waals surface area contributed by atoms with E-state index in [1.807, 2.05) is 12.1 Å². The summed E-state index contributed by atoms with van der Waals surface area (Å²) in [4.78, 5) is 30.8. The molecular formula is C20H18ClN3O3. The average molecular weight is 384 g/mol. The first-order chi connectivity index (χ1) is 13.1. The molecule has 0 bridgehead atoms. The highest BCUT2D eigenvalue weighted by atomic mass is 35.5. The van der Waals surface area contributed by atoms with Crippen LogP contribution in [-0.2, 0) is 0 Å². The minimum atomic E-state index is -0.123. The first-order valence-electron chi connectivity index (χ1n) is 8.80. The van der Waals surface area contributed by atoms with E-state index >= 15 is 0 Å². The summed E-state index contributed by atoms with van der Waals surface area (Å²) in [5, 5.41) is 4.35. The number of furan rings is 1. The van der Waals surface area contributed by atoms with Gasteiger partial charge < -0.3 is 14.6 Å². The molecule has 1 aliphatic rings. The van der Waals surface area contributed by atoms with Gasteiger partial charge in [-0.25, -0.2) is 4.98 Å². The van der Waals surface area contributed by atoms with Crippen molar-refractivity contribution in [1.29, 1.82) is 0 Å². The normalized spacial score (nSPS) is 15.1. The molecule has 138 valence electrons. The number of pyridine rings is 1. The lowest BCUT2D eigenvalue weighted by Gasteiger charge is -2.31. The van der Waals surface area contributed by atoms with E-state index in [-0.39, 0.29) is 17.9 Å². The van der Waals surface area contributed by atoms with Gasteiger partial charge in [-0.1, -0.05) is 11.6 Å². The van der Waals surface area contributed by atoms with Gasteiger partial charge in [-0.3, -0.25) is 9.59 Å². The molecule has 1 aromatic carbocycles. The summed E-state index contributed by atoms with van der Waals surface area (Å²) in [6.45, 7) is 1.18. The van der Waals surface area contributed by atoms with Gasteiger partial charge in [-0.15, -0.1) is 0 Å². The van der Waals surface area contributed by atoms with Gasteiger partial charge in [0.2, 0.25) is 0 Å². The highest BCUT2D eigenvalue weighted by Gasteiger charge is 2.26. The zero-order valence-electron chi connectivity index (χ0n) is 14.5. The van der Waals surface area contributed by atoms with E-state index in [2.05, 4.69) is 10.3 Å². The van der Waals surface area contributed by atoms with E-state index in [0.717, 1.165) is 10.9 Å². The molecule has 27 heavy (non-hydrogen) atoms. The van der Waals surface area contributed by atoms with Crippen LogP contribution in [0.2, 0.25) is 5.15 Å². The SMILES string of the molecule is O=C(NC1CCN(C(=O)c2ccco2)CC1)c1ccc2nc(Cl)ccc2c1. The Labute approximate surface area is 161 Å². The molecule has 2 amide bonds. The third-order valence-corrected chi connectivity index (χ3v) is 4.98. The van der Waals surface area contributed by atoms with Gasteiger partial charge in [-0.05, 0) is 55.3 Å². The summed E-state index contributed by atoms with van der Waals surface area (Å²) in [6.07, 6.45) is 2.92. The van der Waals surface area contributed by atoms with Gasteiger partial charge >= 0.3 is 0 Å². The number of amides is 2. The lowest BCUT2D eigenvalue weighted by Crippen LogP contribution is -2.46. The van der Waals surface area contributed by atoms with Crippen LogP contribution < -0.4 is 5.32 Å². The largest absolute Gasteiger partial charge is 0.459 e. The number of halogens is 1. The monoisotopic (exact) mass is 383 g/mol. The molecule has 3 heterocycles. The van der Waals surface area contributed by atoms with Gasteiger partial charge in [-0.2, -0.15) is 0 Å². The zero-order chi connectivity index (χ0) is 18.8. The van der Waals surface area contributed by atoms with Crippen LogP contribution in [-0.4, -0.2) is 40.8 Å². The third-order valence-electron chi connectivity index (χ3n) is 4.77. The lowest BCUT2D eigenvalue weighted by molar-refractivity contribution is 0.0667. The number of hydrogen-bond acceptors (Lipinski definition) is 4. The van der Waals surface area contributed by atoms with Crippen LogP contribution in [0.1, 0.15) is 33.8 Å². The van der Waals surface area contributed by atoms with Crippen molar-refractivity contribution in [2.45, 2.75) is 18.9 Å². The summed E-state index contributed by atoms with van der Waals surface area (Å²) in [7, 11) is 0. The number of hydrogen-bond donors (Lipinski definition) is 1. The standard InChI is InChI=1S/C20H18ClN3O3/c21-18-6-4-13-12-14(3-5-16(13)23-18)19(25)22-15-7-9-24(10-8-15)20(26)17-2-1-11-27-17/h1-6,11-12,15H,7-10H2,(H,22,25). The molecule has 7 heteroatoms. The molecular weight excluding hydrogens is 366 g/mol. The third kappa shape index (κ3) is 3.80. The van der Waals surface area contributed by atoms with Gasteiger partial charge in [0.05, 0.1) is 11.8 Å². The maximum absolute atomic E-state index is 12.6. The number of benzene rings is 1. The number of likely N-dealkylation sites (tertiary alicyclic amines) is 1. The molecule has 1 saturated heterocycles. The summed E-state index contributed by atoms with van der Waals surface area (Å²) in [5.74, 6) is 0.121. The van der Waals surface area contributed by atoms with E-state index in [1.54, 1.807) is 35.2 Å². The van der Waals surface area contributed by atoms with Crippen molar-refractivity contribution in [3.63, 3.8) is 0 Å².